The van der Waals surface area contributed by atoms with Crippen molar-refractivity contribution in [3.63, 3.8) is 0 Å². The Labute approximate surface area is 80.0 Å². The zero-order chi connectivity index (χ0) is 10.1. The Morgan fingerprint density at radius 2 is 2.00 bits per heavy atom. The molecule has 0 saturated carbocycles. The van der Waals surface area contributed by atoms with Crippen molar-refractivity contribution in [3.05, 3.63) is 36.0 Å². The molecule has 0 aromatic carbocycles. The first kappa shape index (κ1) is 11.7. The lowest BCUT2D eigenvalue weighted by Gasteiger charge is -1.96. The molecular formula is C11H17NO. The van der Waals surface area contributed by atoms with Gasteiger partial charge in [-0.15, -0.1) is 0 Å². The molecule has 0 aromatic heterocycles. The molecule has 1 N–H and O–H groups in total. The molecule has 0 saturated heterocycles. The van der Waals surface area contributed by atoms with E-state index in [0.717, 1.165) is 5.57 Å². The highest BCUT2D eigenvalue weighted by atomic mass is 16.1. The van der Waals surface area contributed by atoms with Crippen LogP contribution >= 0.6 is 0 Å². The number of amides is 1. The molecule has 0 spiro atoms. The first-order chi connectivity index (χ1) is 6.20. The SMILES string of the molecule is C/C=C\CNC(=O)/C=C(C)/C=C/C. The molecule has 72 valence electrons. The van der Waals surface area contributed by atoms with Gasteiger partial charge in [0.25, 0.3) is 0 Å². The van der Waals surface area contributed by atoms with Crippen molar-refractivity contribution < 1.29 is 4.79 Å². The van der Waals surface area contributed by atoms with Gasteiger partial charge in [-0.2, -0.15) is 0 Å². The first-order valence-corrected chi connectivity index (χ1v) is 4.40. The van der Waals surface area contributed by atoms with Gasteiger partial charge in [-0.3, -0.25) is 4.79 Å². The summed E-state index contributed by atoms with van der Waals surface area (Å²) in [5.41, 5.74) is 0.959. The molecule has 1 amide bonds. The highest BCUT2D eigenvalue weighted by molar-refractivity contribution is 5.88. The summed E-state index contributed by atoms with van der Waals surface area (Å²) >= 11 is 0. The van der Waals surface area contributed by atoms with Gasteiger partial charge < -0.3 is 5.32 Å². The Bertz CT molecular complexity index is 236. The van der Waals surface area contributed by atoms with Gasteiger partial charge in [0.2, 0.25) is 5.91 Å². The summed E-state index contributed by atoms with van der Waals surface area (Å²) < 4.78 is 0. The van der Waals surface area contributed by atoms with Crippen molar-refractivity contribution in [1.82, 2.24) is 5.32 Å². The van der Waals surface area contributed by atoms with Gasteiger partial charge in [-0.05, 0) is 26.3 Å². The Balaban J connectivity index is 3.92. The second kappa shape index (κ2) is 7.35. The number of carbonyl (C=O) groups excluding carboxylic acids is 1. The highest BCUT2D eigenvalue weighted by Gasteiger charge is 1.92. The molecule has 0 heterocycles. The third kappa shape index (κ3) is 7.06. The summed E-state index contributed by atoms with van der Waals surface area (Å²) in [7, 11) is 0. The molecule has 0 rings (SSSR count). The Kier molecular flexibility index (Phi) is 6.60. The number of hydrogen-bond donors (Lipinski definition) is 1. The lowest BCUT2D eigenvalue weighted by Crippen LogP contribution is -2.20. The van der Waals surface area contributed by atoms with Gasteiger partial charge in [0.1, 0.15) is 0 Å². The predicted molar refractivity (Wildman–Crippen MR) is 56.4 cm³/mol. The molecule has 0 aliphatic heterocycles. The van der Waals surface area contributed by atoms with Crippen molar-refractivity contribution in [1.29, 1.82) is 0 Å². The summed E-state index contributed by atoms with van der Waals surface area (Å²) in [6, 6.07) is 0. The number of hydrogen-bond acceptors (Lipinski definition) is 1. The minimum Gasteiger partial charge on any atom is -0.349 e. The Hall–Kier alpha value is -1.31. The van der Waals surface area contributed by atoms with Crippen molar-refractivity contribution in [2.24, 2.45) is 0 Å². The number of rotatable bonds is 4. The van der Waals surface area contributed by atoms with Gasteiger partial charge in [-0.1, -0.05) is 24.3 Å². The molecule has 0 unspecified atom stereocenters. The van der Waals surface area contributed by atoms with Crippen LogP contribution in [0.4, 0.5) is 0 Å². The van der Waals surface area contributed by atoms with E-state index in [9.17, 15) is 4.79 Å². The standard InChI is InChI=1S/C11H17NO/c1-4-6-8-12-11(13)9-10(3)7-5-2/h4-7,9H,8H2,1-3H3,(H,12,13)/b6-4-,7-5+,10-9+. The molecule has 0 aliphatic rings. The first-order valence-electron chi connectivity index (χ1n) is 4.40. The van der Waals surface area contributed by atoms with Gasteiger partial charge in [0, 0.05) is 12.6 Å². The van der Waals surface area contributed by atoms with Crippen LogP contribution in [0.15, 0.2) is 36.0 Å². The molecular weight excluding hydrogens is 162 g/mol. The van der Waals surface area contributed by atoms with E-state index in [-0.39, 0.29) is 5.91 Å². The molecule has 13 heavy (non-hydrogen) atoms. The third-order valence-corrected chi connectivity index (χ3v) is 1.42. The van der Waals surface area contributed by atoms with Crippen LogP contribution in [0.25, 0.3) is 0 Å². The average Bonchev–Trinajstić information content (AvgIpc) is 2.05. The fourth-order valence-electron chi connectivity index (χ4n) is 0.846. The molecule has 0 bridgehead atoms. The average molecular weight is 179 g/mol. The van der Waals surface area contributed by atoms with Gasteiger partial charge in [0.15, 0.2) is 0 Å². The summed E-state index contributed by atoms with van der Waals surface area (Å²) in [6.07, 6.45) is 9.20. The number of carbonyl (C=O) groups is 1. The fourth-order valence-corrected chi connectivity index (χ4v) is 0.846. The van der Waals surface area contributed by atoms with E-state index in [1.54, 1.807) is 6.08 Å². The van der Waals surface area contributed by atoms with Crippen LogP contribution < -0.4 is 5.32 Å². The minimum atomic E-state index is -0.0475. The van der Waals surface area contributed by atoms with E-state index in [2.05, 4.69) is 5.32 Å². The van der Waals surface area contributed by atoms with Gasteiger partial charge in [-0.25, -0.2) is 0 Å². The largest absolute Gasteiger partial charge is 0.349 e. The maximum atomic E-state index is 11.1. The summed E-state index contributed by atoms with van der Waals surface area (Å²) in [5.74, 6) is -0.0475. The van der Waals surface area contributed by atoms with Crippen molar-refractivity contribution in [2.45, 2.75) is 20.8 Å². The topological polar surface area (TPSA) is 29.1 Å². The second-order valence-electron chi connectivity index (χ2n) is 2.70. The van der Waals surface area contributed by atoms with Crippen LogP contribution in [0.5, 0.6) is 0 Å². The van der Waals surface area contributed by atoms with Crippen LogP contribution in [-0.2, 0) is 4.79 Å². The zero-order valence-corrected chi connectivity index (χ0v) is 8.50. The predicted octanol–water partition coefficient (Wildman–Crippen LogP) is 2.20. The lowest BCUT2D eigenvalue weighted by atomic mass is 10.2. The maximum Gasteiger partial charge on any atom is 0.244 e. The summed E-state index contributed by atoms with van der Waals surface area (Å²) in [6.45, 7) is 6.34. The van der Waals surface area contributed by atoms with E-state index in [4.69, 9.17) is 0 Å². The molecule has 0 aliphatic carbocycles. The summed E-state index contributed by atoms with van der Waals surface area (Å²) in [5, 5.41) is 2.74. The Morgan fingerprint density at radius 1 is 1.31 bits per heavy atom. The second-order valence-corrected chi connectivity index (χ2v) is 2.70. The molecule has 2 heteroatoms. The van der Waals surface area contributed by atoms with Crippen LogP contribution in [0.2, 0.25) is 0 Å². The van der Waals surface area contributed by atoms with Crippen LogP contribution in [-0.4, -0.2) is 12.5 Å². The van der Waals surface area contributed by atoms with E-state index in [1.165, 1.54) is 0 Å². The third-order valence-electron chi connectivity index (χ3n) is 1.42. The highest BCUT2D eigenvalue weighted by Crippen LogP contribution is 1.93. The van der Waals surface area contributed by atoms with Crippen LogP contribution in [0.1, 0.15) is 20.8 Å². The van der Waals surface area contributed by atoms with Crippen molar-refractivity contribution in [2.75, 3.05) is 6.54 Å². The lowest BCUT2D eigenvalue weighted by molar-refractivity contribution is -0.116. The van der Waals surface area contributed by atoms with Crippen molar-refractivity contribution >= 4 is 5.91 Å². The van der Waals surface area contributed by atoms with Gasteiger partial charge >= 0.3 is 0 Å². The van der Waals surface area contributed by atoms with Gasteiger partial charge in [0.05, 0.1) is 0 Å². The van der Waals surface area contributed by atoms with E-state index >= 15 is 0 Å². The van der Waals surface area contributed by atoms with Crippen molar-refractivity contribution in [3.8, 4) is 0 Å². The number of allylic oxidation sites excluding steroid dienone is 4. The van der Waals surface area contributed by atoms with E-state index in [0.29, 0.717) is 6.54 Å². The molecule has 0 fully saturated rings. The van der Waals surface area contributed by atoms with Crippen LogP contribution in [0, 0.1) is 0 Å². The molecule has 2 nitrogen and oxygen atoms in total. The molecule has 0 radical (unpaired) electrons. The maximum absolute atomic E-state index is 11.1. The molecule has 0 atom stereocenters. The minimum absolute atomic E-state index is 0.0475. The van der Waals surface area contributed by atoms with E-state index in [1.807, 2.05) is 45.1 Å². The normalized spacial score (nSPS) is 12.7. The quantitative estimate of drug-likeness (QED) is 0.400. The number of nitrogens with one attached hydrogen (secondary N) is 1. The Morgan fingerprint density at radius 3 is 2.54 bits per heavy atom. The summed E-state index contributed by atoms with van der Waals surface area (Å²) in [4.78, 5) is 11.1. The fraction of sp³-hybridized carbons (Fsp3) is 0.364. The van der Waals surface area contributed by atoms with Crippen LogP contribution in [0.3, 0.4) is 0 Å². The van der Waals surface area contributed by atoms with E-state index < -0.39 is 0 Å². The monoisotopic (exact) mass is 179 g/mol. The molecule has 0 aromatic rings. The smallest absolute Gasteiger partial charge is 0.244 e. The zero-order valence-electron chi connectivity index (χ0n) is 8.50.